The number of likely N-dealkylation sites (tertiary alicyclic amines) is 1. The van der Waals surface area contributed by atoms with Crippen molar-refractivity contribution >= 4 is 10.0 Å². The molecule has 0 bridgehead atoms. The van der Waals surface area contributed by atoms with Gasteiger partial charge in [-0.05, 0) is 55.3 Å². The topological polar surface area (TPSA) is 74.9 Å². The molecule has 0 radical (unpaired) electrons. The van der Waals surface area contributed by atoms with Crippen LogP contribution in [0.25, 0.3) is 11.3 Å². The molecule has 3 aromatic rings. The minimum Gasteiger partial charge on any atom is -0.496 e. The molecule has 0 amide bonds. The molecular weight excluding hydrogens is 474 g/mol. The van der Waals surface area contributed by atoms with E-state index < -0.39 is 10.0 Å². The molecule has 0 spiro atoms. The molecule has 2 aliphatic heterocycles. The van der Waals surface area contributed by atoms with Gasteiger partial charge in [-0.15, -0.1) is 0 Å². The molecule has 3 heterocycles. The second kappa shape index (κ2) is 11.2. The first-order valence-electron chi connectivity index (χ1n) is 12.8. The van der Waals surface area contributed by atoms with Gasteiger partial charge in [0.25, 0.3) is 0 Å². The highest BCUT2D eigenvalue weighted by atomic mass is 32.2. The van der Waals surface area contributed by atoms with E-state index >= 15 is 0 Å². The van der Waals surface area contributed by atoms with Gasteiger partial charge in [-0.25, -0.2) is 8.42 Å². The standard InChI is InChI=1S/C28H35N3O4S/c1-34-28-14-12-24(36(32,33)31-16-18-35-19-17-31)20-25(28)26-13-11-23(29-26)21-30-15-7-3-6-10-27(30)22-8-4-2-5-9-22/h2,4-5,8-9,11-14,20,27,29H,3,6-7,10,15-19,21H2,1H3/t27-/m1/s1. The fraction of sp³-hybridized carbons (Fsp3) is 0.429. The summed E-state index contributed by atoms with van der Waals surface area (Å²) in [5.74, 6) is 0.640. The smallest absolute Gasteiger partial charge is 0.243 e. The molecule has 0 saturated carbocycles. The number of hydrogen-bond acceptors (Lipinski definition) is 5. The van der Waals surface area contributed by atoms with Crippen molar-refractivity contribution in [2.45, 2.75) is 43.2 Å². The molecule has 2 saturated heterocycles. The van der Waals surface area contributed by atoms with Crippen LogP contribution in [-0.2, 0) is 21.3 Å². The summed E-state index contributed by atoms with van der Waals surface area (Å²) in [6.45, 7) is 3.45. The van der Waals surface area contributed by atoms with Crippen molar-refractivity contribution in [3.63, 3.8) is 0 Å². The van der Waals surface area contributed by atoms with Crippen molar-refractivity contribution in [2.24, 2.45) is 0 Å². The Labute approximate surface area is 214 Å². The number of methoxy groups -OCH3 is 1. The fourth-order valence-corrected chi connectivity index (χ4v) is 6.75. The first kappa shape index (κ1) is 25.0. The Morgan fingerprint density at radius 1 is 0.972 bits per heavy atom. The Bertz CT molecular complexity index is 1250. The Hall–Kier alpha value is -2.65. The van der Waals surface area contributed by atoms with Gasteiger partial charge in [-0.3, -0.25) is 4.90 Å². The summed E-state index contributed by atoms with van der Waals surface area (Å²) in [6, 6.07) is 20.4. The van der Waals surface area contributed by atoms with Crippen LogP contribution in [0.4, 0.5) is 0 Å². The van der Waals surface area contributed by atoms with Gasteiger partial charge >= 0.3 is 0 Å². The number of hydrogen-bond donors (Lipinski definition) is 1. The fourth-order valence-electron chi connectivity index (χ4n) is 5.31. The van der Waals surface area contributed by atoms with E-state index in [2.05, 4.69) is 46.3 Å². The minimum atomic E-state index is -3.60. The molecule has 2 aliphatic rings. The zero-order valence-electron chi connectivity index (χ0n) is 20.9. The maximum atomic E-state index is 13.3. The van der Waals surface area contributed by atoms with E-state index in [0.717, 1.165) is 36.5 Å². The SMILES string of the molecule is COc1ccc(S(=O)(=O)N2CCOCC2)cc1-c1ccc(CN2CCCCC[C@@H]2c2ccccc2)[nH]1. The number of ether oxygens (including phenoxy) is 2. The van der Waals surface area contributed by atoms with E-state index in [1.807, 2.05) is 6.07 Å². The van der Waals surface area contributed by atoms with Crippen molar-refractivity contribution in [3.05, 3.63) is 71.9 Å². The van der Waals surface area contributed by atoms with Crippen LogP contribution in [0.3, 0.4) is 0 Å². The van der Waals surface area contributed by atoms with Crippen LogP contribution in [0.2, 0.25) is 0 Å². The molecule has 36 heavy (non-hydrogen) atoms. The van der Waals surface area contributed by atoms with Crippen LogP contribution in [-0.4, -0.2) is 62.6 Å². The summed E-state index contributed by atoms with van der Waals surface area (Å²) in [5, 5.41) is 0. The number of rotatable bonds is 7. The summed E-state index contributed by atoms with van der Waals surface area (Å²) in [7, 11) is -1.99. The Kier molecular flexibility index (Phi) is 7.76. The van der Waals surface area contributed by atoms with Gasteiger partial charge in [0.2, 0.25) is 10.0 Å². The summed E-state index contributed by atoms with van der Waals surface area (Å²) in [4.78, 5) is 6.39. The number of nitrogens with one attached hydrogen (secondary N) is 1. The van der Waals surface area contributed by atoms with Gasteiger partial charge < -0.3 is 14.5 Å². The largest absolute Gasteiger partial charge is 0.496 e. The van der Waals surface area contributed by atoms with E-state index in [0.29, 0.717) is 38.1 Å². The third-order valence-electron chi connectivity index (χ3n) is 7.24. The molecule has 0 unspecified atom stereocenters. The van der Waals surface area contributed by atoms with Crippen molar-refractivity contribution < 1.29 is 17.9 Å². The van der Waals surface area contributed by atoms with Crippen LogP contribution in [0.1, 0.15) is 43.0 Å². The van der Waals surface area contributed by atoms with E-state index in [4.69, 9.17) is 9.47 Å². The zero-order valence-corrected chi connectivity index (χ0v) is 21.7. The lowest BCUT2D eigenvalue weighted by Crippen LogP contribution is -2.40. The number of sulfonamides is 1. The Morgan fingerprint density at radius 2 is 1.78 bits per heavy atom. The van der Waals surface area contributed by atoms with Crippen LogP contribution < -0.4 is 4.74 Å². The van der Waals surface area contributed by atoms with Crippen LogP contribution in [0, 0.1) is 0 Å². The Morgan fingerprint density at radius 3 is 2.56 bits per heavy atom. The maximum Gasteiger partial charge on any atom is 0.243 e. The summed E-state index contributed by atoms with van der Waals surface area (Å²) in [6.07, 6.45) is 4.87. The second-order valence-corrected chi connectivity index (χ2v) is 11.5. The Balaban J connectivity index is 1.41. The molecule has 192 valence electrons. The molecule has 1 aromatic heterocycles. The second-order valence-electron chi connectivity index (χ2n) is 9.52. The summed E-state index contributed by atoms with van der Waals surface area (Å²) >= 11 is 0. The molecule has 1 N–H and O–H groups in total. The number of H-pyrrole nitrogens is 1. The van der Waals surface area contributed by atoms with Gasteiger partial charge in [0.05, 0.1) is 25.2 Å². The highest BCUT2D eigenvalue weighted by Crippen LogP contribution is 2.35. The van der Waals surface area contributed by atoms with Crippen LogP contribution >= 0.6 is 0 Å². The van der Waals surface area contributed by atoms with Crippen molar-refractivity contribution in [1.29, 1.82) is 0 Å². The highest BCUT2D eigenvalue weighted by Gasteiger charge is 2.28. The van der Waals surface area contributed by atoms with E-state index in [1.54, 1.807) is 25.3 Å². The lowest BCUT2D eigenvalue weighted by molar-refractivity contribution is 0.0730. The van der Waals surface area contributed by atoms with E-state index in [1.165, 1.54) is 29.1 Å². The normalized spacial score (nSPS) is 20.2. The molecule has 8 heteroatoms. The van der Waals surface area contributed by atoms with Crippen LogP contribution in [0.5, 0.6) is 5.75 Å². The number of morpholine rings is 1. The molecule has 2 fully saturated rings. The van der Waals surface area contributed by atoms with Gasteiger partial charge in [0.15, 0.2) is 0 Å². The predicted molar refractivity (Wildman–Crippen MR) is 140 cm³/mol. The van der Waals surface area contributed by atoms with Crippen molar-refractivity contribution in [3.8, 4) is 17.0 Å². The molecular formula is C28H35N3O4S. The average Bonchev–Trinajstić information content (AvgIpc) is 3.26. The number of nitrogens with zero attached hydrogens (tertiary/aromatic N) is 2. The van der Waals surface area contributed by atoms with E-state index in [9.17, 15) is 8.42 Å². The monoisotopic (exact) mass is 509 g/mol. The number of aromatic amines is 1. The van der Waals surface area contributed by atoms with Gasteiger partial charge in [-0.2, -0.15) is 4.31 Å². The third kappa shape index (κ3) is 5.37. The first-order valence-corrected chi connectivity index (χ1v) is 14.2. The molecule has 7 nitrogen and oxygen atoms in total. The zero-order chi connectivity index (χ0) is 25.0. The number of aromatic nitrogens is 1. The minimum absolute atomic E-state index is 0.271. The molecule has 2 aromatic carbocycles. The van der Waals surface area contributed by atoms with Gasteiger partial charge in [0, 0.05) is 42.6 Å². The van der Waals surface area contributed by atoms with Crippen molar-refractivity contribution in [1.82, 2.24) is 14.2 Å². The molecule has 5 rings (SSSR count). The van der Waals surface area contributed by atoms with E-state index in [-0.39, 0.29) is 4.90 Å². The average molecular weight is 510 g/mol. The number of benzene rings is 2. The van der Waals surface area contributed by atoms with Crippen molar-refractivity contribution in [2.75, 3.05) is 40.0 Å². The lowest BCUT2D eigenvalue weighted by atomic mass is 10.0. The third-order valence-corrected chi connectivity index (χ3v) is 9.13. The summed E-state index contributed by atoms with van der Waals surface area (Å²) < 4.78 is 38.9. The highest BCUT2D eigenvalue weighted by molar-refractivity contribution is 7.89. The van der Waals surface area contributed by atoms with Gasteiger partial charge in [-0.1, -0.05) is 43.2 Å². The summed E-state index contributed by atoms with van der Waals surface area (Å²) in [5.41, 5.74) is 4.07. The predicted octanol–water partition coefficient (Wildman–Crippen LogP) is 4.83. The van der Waals surface area contributed by atoms with Gasteiger partial charge in [0.1, 0.15) is 5.75 Å². The van der Waals surface area contributed by atoms with Crippen LogP contribution in [0.15, 0.2) is 65.6 Å². The first-order chi connectivity index (χ1) is 17.6. The molecule has 0 aliphatic carbocycles. The molecule has 1 atom stereocenters. The lowest BCUT2D eigenvalue weighted by Gasteiger charge is -2.30. The quantitative estimate of drug-likeness (QED) is 0.494. The maximum absolute atomic E-state index is 13.3.